The highest BCUT2D eigenvalue weighted by molar-refractivity contribution is 7.07. The van der Waals surface area contributed by atoms with Crippen LogP contribution in [0.2, 0.25) is 0 Å². The van der Waals surface area contributed by atoms with Crippen molar-refractivity contribution in [2.75, 3.05) is 6.54 Å². The first kappa shape index (κ1) is 16.3. The Morgan fingerprint density at radius 2 is 2.08 bits per heavy atom. The van der Waals surface area contributed by atoms with Gasteiger partial charge in [0.1, 0.15) is 0 Å². The number of aryl methyl sites for hydroxylation is 2. The second-order valence-corrected chi connectivity index (χ2v) is 6.36. The third-order valence-electron chi connectivity index (χ3n) is 3.79. The van der Waals surface area contributed by atoms with Gasteiger partial charge in [-0.1, -0.05) is 18.2 Å². The quantitative estimate of drug-likeness (QED) is 0.663. The summed E-state index contributed by atoms with van der Waals surface area (Å²) in [7, 11) is 0. The summed E-state index contributed by atoms with van der Waals surface area (Å²) in [4.78, 5) is 9.58. The molecule has 5 heteroatoms. The Balaban J connectivity index is 2.09. The van der Waals surface area contributed by atoms with E-state index in [4.69, 9.17) is 0 Å². The van der Waals surface area contributed by atoms with Crippen LogP contribution in [0.3, 0.4) is 0 Å². The zero-order chi connectivity index (χ0) is 16.9. The monoisotopic (exact) mass is 336 g/mol. The molecule has 0 aliphatic heterocycles. The lowest BCUT2D eigenvalue weighted by molar-refractivity contribution is 0.833. The van der Waals surface area contributed by atoms with Gasteiger partial charge in [-0.2, -0.15) is 5.10 Å². The number of benzene rings is 1. The zero-order valence-electron chi connectivity index (χ0n) is 14.1. The number of nitrogens with zero attached hydrogens (tertiary/aromatic N) is 4. The van der Waals surface area contributed by atoms with Gasteiger partial charge in [-0.25, -0.2) is 4.68 Å². The van der Waals surface area contributed by atoms with Crippen molar-refractivity contribution in [1.82, 2.24) is 9.66 Å². The molecule has 0 fully saturated rings. The summed E-state index contributed by atoms with van der Waals surface area (Å²) in [5, 5.41) is 6.76. The molecule has 0 unspecified atom stereocenters. The topological polar surface area (TPSA) is 42.5 Å². The summed E-state index contributed by atoms with van der Waals surface area (Å²) >= 11 is 1.61. The number of thiazole rings is 1. The summed E-state index contributed by atoms with van der Waals surface area (Å²) in [6.45, 7) is 7.02. The SMILES string of the molecule is CCN=c1scc(-c2ccc(C)c(C)c2)n1/N=C/c1cccnc1. The van der Waals surface area contributed by atoms with Crippen molar-refractivity contribution in [3.8, 4) is 11.3 Å². The normalized spacial score (nSPS) is 12.2. The molecule has 0 amide bonds. The van der Waals surface area contributed by atoms with Gasteiger partial charge in [-0.3, -0.25) is 9.98 Å². The van der Waals surface area contributed by atoms with Crippen molar-refractivity contribution < 1.29 is 0 Å². The molecule has 0 spiro atoms. The third kappa shape index (κ3) is 3.51. The summed E-state index contributed by atoms with van der Waals surface area (Å²) in [6.07, 6.45) is 5.37. The second-order valence-electron chi connectivity index (χ2n) is 5.52. The van der Waals surface area contributed by atoms with Crippen molar-refractivity contribution in [1.29, 1.82) is 0 Å². The van der Waals surface area contributed by atoms with E-state index in [0.29, 0.717) is 0 Å². The van der Waals surface area contributed by atoms with E-state index < -0.39 is 0 Å². The number of hydrogen-bond donors (Lipinski definition) is 0. The molecule has 1 aromatic carbocycles. The summed E-state index contributed by atoms with van der Waals surface area (Å²) in [5.74, 6) is 0. The molecule has 3 rings (SSSR count). The number of rotatable bonds is 4. The number of hydrogen-bond acceptors (Lipinski definition) is 4. The van der Waals surface area contributed by atoms with Gasteiger partial charge in [0, 0.05) is 35.4 Å². The molecule has 4 nitrogen and oxygen atoms in total. The molecule has 0 radical (unpaired) electrons. The van der Waals surface area contributed by atoms with Crippen molar-refractivity contribution in [2.24, 2.45) is 10.1 Å². The zero-order valence-corrected chi connectivity index (χ0v) is 14.9. The average molecular weight is 336 g/mol. The number of aromatic nitrogens is 2. The van der Waals surface area contributed by atoms with Crippen LogP contribution in [-0.2, 0) is 0 Å². The molecule has 3 aromatic rings. The Kier molecular flexibility index (Phi) is 5.01. The van der Waals surface area contributed by atoms with E-state index in [9.17, 15) is 0 Å². The van der Waals surface area contributed by atoms with E-state index in [0.717, 1.165) is 28.2 Å². The number of pyridine rings is 1. The maximum Gasteiger partial charge on any atom is 0.206 e. The lowest BCUT2D eigenvalue weighted by Gasteiger charge is -2.06. The van der Waals surface area contributed by atoms with Gasteiger partial charge in [-0.15, -0.1) is 11.3 Å². The maximum atomic E-state index is 4.65. The second kappa shape index (κ2) is 7.36. The van der Waals surface area contributed by atoms with Crippen molar-refractivity contribution in [3.63, 3.8) is 0 Å². The smallest absolute Gasteiger partial charge is 0.206 e. The van der Waals surface area contributed by atoms with Crippen LogP contribution in [-0.4, -0.2) is 22.4 Å². The Bertz CT molecular complexity index is 920. The minimum atomic E-state index is 0.731. The van der Waals surface area contributed by atoms with Crippen LogP contribution in [0, 0.1) is 13.8 Å². The van der Waals surface area contributed by atoms with Gasteiger partial charge >= 0.3 is 0 Å². The van der Waals surface area contributed by atoms with E-state index in [-0.39, 0.29) is 0 Å². The molecule has 122 valence electrons. The van der Waals surface area contributed by atoms with Crippen molar-refractivity contribution in [3.05, 3.63) is 69.6 Å². The molecule has 0 saturated heterocycles. The predicted molar refractivity (Wildman–Crippen MR) is 101 cm³/mol. The Labute approximate surface area is 145 Å². The summed E-state index contributed by atoms with van der Waals surface area (Å²) < 4.78 is 1.91. The van der Waals surface area contributed by atoms with Crippen LogP contribution in [0.15, 0.2) is 58.2 Å². The predicted octanol–water partition coefficient (Wildman–Crippen LogP) is 4.03. The van der Waals surface area contributed by atoms with Crippen LogP contribution in [0.4, 0.5) is 0 Å². The largest absolute Gasteiger partial charge is 0.264 e. The minimum absolute atomic E-state index is 0.731. The molecular weight excluding hydrogens is 316 g/mol. The van der Waals surface area contributed by atoms with E-state index >= 15 is 0 Å². The standard InChI is InChI=1S/C19H20N4S/c1-4-21-19-23(22-12-16-6-5-9-20-11-16)18(13-24-19)17-8-7-14(2)15(3)10-17/h5-13H,4H2,1-3H3/b21-19?,22-12+. The van der Waals surface area contributed by atoms with Gasteiger partial charge < -0.3 is 0 Å². The van der Waals surface area contributed by atoms with E-state index in [1.807, 2.05) is 29.9 Å². The molecule has 0 N–H and O–H groups in total. The molecule has 0 aliphatic rings. The Morgan fingerprint density at radius 3 is 2.79 bits per heavy atom. The highest BCUT2D eigenvalue weighted by Crippen LogP contribution is 2.22. The Hall–Kier alpha value is -2.53. The fraction of sp³-hybridized carbons (Fsp3) is 0.211. The maximum absolute atomic E-state index is 4.65. The van der Waals surface area contributed by atoms with Gasteiger partial charge in [-0.05, 0) is 44.0 Å². The van der Waals surface area contributed by atoms with Gasteiger partial charge in [0.15, 0.2) is 0 Å². The lowest BCUT2D eigenvalue weighted by Crippen LogP contribution is -2.12. The van der Waals surface area contributed by atoms with Crippen molar-refractivity contribution >= 4 is 17.6 Å². The van der Waals surface area contributed by atoms with Gasteiger partial charge in [0.2, 0.25) is 4.80 Å². The molecule has 0 bridgehead atoms. The molecule has 0 aliphatic carbocycles. The first-order chi connectivity index (χ1) is 11.7. The molecule has 0 saturated carbocycles. The van der Waals surface area contributed by atoms with Crippen LogP contribution >= 0.6 is 11.3 Å². The van der Waals surface area contributed by atoms with E-state index in [2.05, 4.69) is 52.5 Å². The molecule has 2 heterocycles. The van der Waals surface area contributed by atoms with Crippen LogP contribution in [0.25, 0.3) is 11.3 Å². The first-order valence-electron chi connectivity index (χ1n) is 7.92. The van der Waals surface area contributed by atoms with E-state index in [1.165, 1.54) is 11.1 Å². The summed E-state index contributed by atoms with van der Waals surface area (Å²) in [5.41, 5.74) is 5.73. The molecule has 24 heavy (non-hydrogen) atoms. The van der Waals surface area contributed by atoms with Gasteiger partial charge in [0.05, 0.1) is 11.9 Å². The van der Waals surface area contributed by atoms with Crippen LogP contribution in [0.1, 0.15) is 23.6 Å². The average Bonchev–Trinajstić information content (AvgIpc) is 2.99. The molecule has 0 atom stereocenters. The van der Waals surface area contributed by atoms with E-state index in [1.54, 1.807) is 23.7 Å². The van der Waals surface area contributed by atoms with Crippen LogP contribution in [0.5, 0.6) is 0 Å². The highest BCUT2D eigenvalue weighted by Gasteiger charge is 2.08. The van der Waals surface area contributed by atoms with Gasteiger partial charge in [0.25, 0.3) is 0 Å². The fourth-order valence-corrected chi connectivity index (χ4v) is 3.23. The van der Waals surface area contributed by atoms with Crippen LogP contribution < -0.4 is 4.80 Å². The van der Waals surface area contributed by atoms with Crippen molar-refractivity contribution in [2.45, 2.75) is 20.8 Å². The minimum Gasteiger partial charge on any atom is -0.264 e. The summed E-state index contributed by atoms with van der Waals surface area (Å²) in [6, 6.07) is 10.4. The molecular formula is C19H20N4S. The highest BCUT2D eigenvalue weighted by atomic mass is 32.1. The lowest BCUT2D eigenvalue weighted by atomic mass is 10.1. The molecule has 2 aromatic heterocycles. The fourth-order valence-electron chi connectivity index (χ4n) is 2.33. The third-order valence-corrected chi connectivity index (χ3v) is 4.64. The first-order valence-corrected chi connectivity index (χ1v) is 8.80. The Morgan fingerprint density at radius 1 is 1.21 bits per heavy atom.